The largest absolute Gasteiger partial charge is 0.481 e. The molecule has 1 fully saturated rings. The molecule has 1 aliphatic rings. The summed E-state index contributed by atoms with van der Waals surface area (Å²) in [7, 11) is 0. The Bertz CT molecular complexity index is 824. The molecule has 1 amide bonds. The Morgan fingerprint density at radius 1 is 1.28 bits per heavy atom. The van der Waals surface area contributed by atoms with E-state index in [4.69, 9.17) is 23.2 Å². The number of carboxylic acids is 1. The maximum atomic E-state index is 12.8. The number of hydrogen-bond acceptors (Lipinski definition) is 4. The summed E-state index contributed by atoms with van der Waals surface area (Å²) in [5.74, 6) is -1.62. The molecule has 132 valence electrons. The molecule has 5 nitrogen and oxygen atoms in total. The quantitative estimate of drug-likeness (QED) is 0.828. The highest BCUT2D eigenvalue weighted by molar-refractivity contribution is 7.13. The van der Waals surface area contributed by atoms with Crippen molar-refractivity contribution >= 4 is 46.4 Å². The predicted molar refractivity (Wildman–Crippen MR) is 98.4 cm³/mol. The number of carboxylic acid groups (broad SMARTS) is 1. The molecule has 1 aromatic heterocycles. The van der Waals surface area contributed by atoms with Crippen LogP contribution >= 0.6 is 34.5 Å². The number of carbonyl (C=O) groups excluding carboxylic acids is 1. The number of halogens is 2. The van der Waals surface area contributed by atoms with Crippen LogP contribution in [0.25, 0.3) is 10.6 Å². The van der Waals surface area contributed by atoms with Gasteiger partial charge in [0.25, 0.3) is 5.91 Å². The van der Waals surface area contributed by atoms with Gasteiger partial charge >= 0.3 is 5.97 Å². The number of aliphatic carboxylic acids is 1. The number of hydrogen-bond donors (Lipinski definition) is 1. The standard InChI is InChI=1S/C17H16Cl2N2O3S/c1-9-2-3-11(17(23)24)7-21(9)16(22)14-8-25-15(20-14)10-4-5-12(18)13(19)6-10/h4-6,8-9,11H,2-3,7H2,1H3,(H,23,24). The van der Waals surface area contributed by atoms with Gasteiger partial charge in [-0.05, 0) is 31.9 Å². The van der Waals surface area contributed by atoms with Gasteiger partial charge in [-0.25, -0.2) is 4.98 Å². The zero-order valence-electron chi connectivity index (χ0n) is 13.4. The lowest BCUT2D eigenvalue weighted by Crippen LogP contribution is -2.47. The average Bonchev–Trinajstić information content (AvgIpc) is 3.07. The molecular formula is C17H16Cl2N2O3S. The smallest absolute Gasteiger partial charge is 0.308 e. The molecule has 0 saturated carbocycles. The molecule has 2 aromatic rings. The number of benzene rings is 1. The van der Waals surface area contributed by atoms with Crippen LogP contribution in [0.4, 0.5) is 0 Å². The lowest BCUT2D eigenvalue weighted by atomic mass is 9.93. The van der Waals surface area contributed by atoms with Gasteiger partial charge in [0.1, 0.15) is 10.7 Å². The van der Waals surface area contributed by atoms with Crippen LogP contribution in [0, 0.1) is 5.92 Å². The lowest BCUT2D eigenvalue weighted by Gasteiger charge is -2.36. The minimum absolute atomic E-state index is 0.00164. The number of rotatable bonds is 3. The fourth-order valence-electron chi connectivity index (χ4n) is 2.87. The summed E-state index contributed by atoms with van der Waals surface area (Å²) in [5, 5.41) is 12.5. The zero-order valence-corrected chi connectivity index (χ0v) is 15.7. The molecule has 2 unspecified atom stereocenters. The highest BCUT2D eigenvalue weighted by atomic mass is 35.5. The molecule has 0 spiro atoms. The number of thiazole rings is 1. The van der Waals surface area contributed by atoms with E-state index >= 15 is 0 Å². The molecule has 0 radical (unpaired) electrons. The highest BCUT2D eigenvalue weighted by Gasteiger charge is 2.33. The van der Waals surface area contributed by atoms with E-state index in [-0.39, 0.29) is 18.5 Å². The molecule has 3 rings (SSSR count). The van der Waals surface area contributed by atoms with Gasteiger partial charge in [-0.15, -0.1) is 11.3 Å². The van der Waals surface area contributed by atoms with E-state index in [1.807, 2.05) is 6.92 Å². The zero-order chi connectivity index (χ0) is 18.1. The van der Waals surface area contributed by atoms with Crippen molar-refractivity contribution in [1.29, 1.82) is 0 Å². The van der Waals surface area contributed by atoms with Crippen molar-refractivity contribution < 1.29 is 14.7 Å². The minimum Gasteiger partial charge on any atom is -0.481 e. The summed E-state index contributed by atoms with van der Waals surface area (Å²) >= 11 is 13.3. The Labute approximate surface area is 159 Å². The summed E-state index contributed by atoms with van der Waals surface area (Å²) < 4.78 is 0. The first-order chi connectivity index (χ1) is 11.9. The lowest BCUT2D eigenvalue weighted by molar-refractivity contribution is -0.143. The van der Waals surface area contributed by atoms with Crippen molar-refractivity contribution in [3.63, 3.8) is 0 Å². The number of amides is 1. The van der Waals surface area contributed by atoms with Gasteiger partial charge < -0.3 is 10.0 Å². The van der Waals surface area contributed by atoms with Crippen LogP contribution in [-0.2, 0) is 4.79 Å². The van der Waals surface area contributed by atoms with E-state index < -0.39 is 11.9 Å². The van der Waals surface area contributed by atoms with Crippen molar-refractivity contribution in [2.75, 3.05) is 6.54 Å². The van der Waals surface area contributed by atoms with Crippen molar-refractivity contribution in [2.45, 2.75) is 25.8 Å². The van der Waals surface area contributed by atoms with Crippen LogP contribution in [0.1, 0.15) is 30.3 Å². The third-order valence-electron chi connectivity index (χ3n) is 4.38. The summed E-state index contributed by atoms with van der Waals surface area (Å²) in [5.41, 5.74) is 1.11. The third kappa shape index (κ3) is 3.81. The molecule has 25 heavy (non-hydrogen) atoms. The number of piperidine rings is 1. The van der Waals surface area contributed by atoms with Crippen molar-refractivity contribution in [3.8, 4) is 10.6 Å². The Morgan fingerprint density at radius 2 is 2.04 bits per heavy atom. The van der Waals surface area contributed by atoms with E-state index in [1.54, 1.807) is 28.5 Å². The molecule has 1 aliphatic heterocycles. The molecule has 1 aromatic carbocycles. The summed E-state index contributed by atoms with van der Waals surface area (Å²) in [4.78, 5) is 30.0. The second-order valence-corrected chi connectivity index (χ2v) is 7.76. The van der Waals surface area contributed by atoms with Gasteiger partial charge in [0.15, 0.2) is 0 Å². The van der Waals surface area contributed by atoms with Crippen LogP contribution in [-0.4, -0.2) is 39.5 Å². The van der Waals surface area contributed by atoms with Crippen LogP contribution in [0.15, 0.2) is 23.6 Å². The molecule has 1 N–H and O–H groups in total. The fraction of sp³-hybridized carbons (Fsp3) is 0.353. The molecule has 0 bridgehead atoms. The van der Waals surface area contributed by atoms with Crippen molar-refractivity contribution in [1.82, 2.24) is 9.88 Å². The second kappa shape index (κ2) is 7.32. The van der Waals surface area contributed by atoms with E-state index in [1.165, 1.54) is 11.3 Å². The second-order valence-electron chi connectivity index (χ2n) is 6.09. The first kappa shape index (κ1) is 18.2. The van der Waals surface area contributed by atoms with Gasteiger partial charge in [-0.1, -0.05) is 29.3 Å². The summed E-state index contributed by atoms with van der Waals surface area (Å²) in [6, 6.07) is 5.19. The van der Waals surface area contributed by atoms with Gasteiger partial charge in [0.05, 0.1) is 16.0 Å². The highest BCUT2D eigenvalue weighted by Crippen LogP contribution is 2.31. The Kier molecular flexibility index (Phi) is 5.32. The van der Waals surface area contributed by atoms with E-state index in [9.17, 15) is 14.7 Å². The molecule has 8 heteroatoms. The van der Waals surface area contributed by atoms with Crippen LogP contribution in [0.2, 0.25) is 10.0 Å². The fourth-order valence-corrected chi connectivity index (χ4v) is 3.96. The van der Waals surface area contributed by atoms with Crippen molar-refractivity contribution in [3.05, 3.63) is 39.3 Å². The average molecular weight is 399 g/mol. The number of likely N-dealkylation sites (tertiary alicyclic amines) is 1. The first-order valence-corrected chi connectivity index (χ1v) is 9.45. The first-order valence-electron chi connectivity index (χ1n) is 7.81. The number of carbonyl (C=O) groups is 2. The van der Waals surface area contributed by atoms with Crippen LogP contribution in [0.5, 0.6) is 0 Å². The van der Waals surface area contributed by atoms with E-state index in [2.05, 4.69) is 4.98 Å². The monoisotopic (exact) mass is 398 g/mol. The maximum Gasteiger partial charge on any atom is 0.308 e. The normalized spacial score (nSPS) is 20.5. The summed E-state index contributed by atoms with van der Waals surface area (Å²) in [6.45, 7) is 2.15. The van der Waals surface area contributed by atoms with E-state index in [0.29, 0.717) is 33.6 Å². The molecule has 0 aliphatic carbocycles. The van der Waals surface area contributed by atoms with Gasteiger partial charge in [-0.2, -0.15) is 0 Å². The maximum absolute atomic E-state index is 12.8. The molecule has 1 saturated heterocycles. The Morgan fingerprint density at radius 3 is 2.72 bits per heavy atom. The van der Waals surface area contributed by atoms with Gasteiger partial charge in [0, 0.05) is 23.5 Å². The Balaban J connectivity index is 1.82. The minimum atomic E-state index is -0.862. The Hall–Kier alpha value is -1.63. The molecule has 2 heterocycles. The SMILES string of the molecule is CC1CCC(C(=O)O)CN1C(=O)c1csc(-c2ccc(Cl)c(Cl)c2)n1. The third-order valence-corrected chi connectivity index (χ3v) is 6.01. The van der Waals surface area contributed by atoms with Gasteiger partial charge in [-0.3, -0.25) is 9.59 Å². The van der Waals surface area contributed by atoms with E-state index in [0.717, 1.165) is 5.56 Å². The number of nitrogens with zero attached hydrogens (tertiary/aromatic N) is 2. The van der Waals surface area contributed by atoms with Gasteiger partial charge in [0.2, 0.25) is 0 Å². The molecular weight excluding hydrogens is 383 g/mol. The predicted octanol–water partition coefficient (Wildman–Crippen LogP) is 4.44. The van der Waals surface area contributed by atoms with Crippen LogP contribution < -0.4 is 0 Å². The summed E-state index contributed by atoms with van der Waals surface area (Å²) in [6.07, 6.45) is 1.26. The topological polar surface area (TPSA) is 70.5 Å². The van der Waals surface area contributed by atoms with Crippen LogP contribution in [0.3, 0.4) is 0 Å². The molecule has 2 atom stereocenters. The number of aromatic nitrogens is 1. The van der Waals surface area contributed by atoms with Crippen molar-refractivity contribution in [2.24, 2.45) is 5.92 Å².